The van der Waals surface area contributed by atoms with Crippen LogP contribution in [-0.4, -0.2) is 33.6 Å². The molecule has 0 saturated heterocycles. The highest BCUT2D eigenvalue weighted by Crippen LogP contribution is 2.35. The van der Waals surface area contributed by atoms with Crippen molar-refractivity contribution in [2.75, 3.05) is 12.4 Å². The fourth-order valence-electron chi connectivity index (χ4n) is 3.35. The second-order valence-corrected chi connectivity index (χ2v) is 6.52. The van der Waals surface area contributed by atoms with Crippen LogP contribution in [0.15, 0.2) is 36.5 Å². The van der Waals surface area contributed by atoms with Crippen LogP contribution in [0, 0.1) is 6.92 Å². The van der Waals surface area contributed by atoms with Crippen molar-refractivity contribution in [2.45, 2.75) is 44.7 Å². The number of likely N-dealkylation sites (N-methyl/N-ethyl adjacent to an activating group) is 1. The van der Waals surface area contributed by atoms with Gasteiger partial charge >= 0.3 is 0 Å². The lowest BCUT2D eigenvalue weighted by Gasteiger charge is -2.34. The van der Waals surface area contributed by atoms with E-state index in [-0.39, 0.29) is 5.91 Å². The van der Waals surface area contributed by atoms with Gasteiger partial charge in [-0.3, -0.25) is 9.89 Å². The molecule has 23 heavy (non-hydrogen) atoms. The number of anilines is 1. The Bertz CT molecular complexity index is 642. The summed E-state index contributed by atoms with van der Waals surface area (Å²) in [5.41, 5.74) is 2.70. The zero-order valence-corrected chi connectivity index (χ0v) is 13.8. The monoisotopic (exact) mass is 312 g/mol. The smallest absolute Gasteiger partial charge is 0.248 e. The summed E-state index contributed by atoms with van der Waals surface area (Å²) in [5, 5.41) is 10.4. The summed E-state index contributed by atoms with van der Waals surface area (Å²) in [7, 11) is 1.86. The predicted molar refractivity (Wildman–Crippen MR) is 91.1 cm³/mol. The van der Waals surface area contributed by atoms with E-state index >= 15 is 0 Å². The van der Waals surface area contributed by atoms with Crippen LogP contribution < -0.4 is 5.32 Å². The Kier molecular flexibility index (Phi) is 4.37. The number of aromatic nitrogens is 2. The number of nitrogens with zero attached hydrogens (tertiary/aromatic N) is 2. The SMILES string of the molecule is Cc1ccc(NC2(C(=O)N(C)Cc3ccn[nH]3)CCCC2)cc1. The van der Waals surface area contributed by atoms with Crippen molar-refractivity contribution in [1.82, 2.24) is 15.1 Å². The lowest BCUT2D eigenvalue weighted by molar-refractivity contribution is -0.135. The lowest BCUT2D eigenvalue weighted by Crippen LogP contribution is -2.51. The third-order valence-electron chi connectivity index (χ3n) is 4.61. The second kappa shape index (κ2) is 6.44. The predicted octanol–water partition coefficient (Wildman–Crippen LogP) is 3.10. The van der Waals surface area contributed by atoms with Gasteiger partial charge in [0.15, 0.2) is 0 Å². The third-order valence-corrected chi connectivity index (χ3v) is 4.61. The molecule has 0 aliphatic heterocycles. The molecule has 1 aliphatic carbocycles. The molecular weight excluding hydrogens is 288 g/mol. The molecule has 0 bridgehead atoms. The molecule has 1 aliphatic rings. The van der Waals surface area contributed by atoms with Gasteiger partial charge in [-0.2, -0.15) is 5.10 Å². The largest absolute Gasteiger partial charge is 0.371 e. The molecule has 1 amide bonds. The molecule has 1 fully saturated rings. The fourth-order valence-corrected chi connectivity index (χ4v) is 3.35. The number of carbonyl (C=O) groups excluding carboxylic acids is 1. The van der Waals surface area contributed by atoms with Gasteiger partial charge in [0.1, 0.15) is 5.54 Å². The van der Waals surface area contributed by atoms with E-state index in [1.807, 2.05) is 13.1 Å². The Hall–Kier alpha value is -2.30. The number of amides is 1. The molecule has 0 unspecified atom stereocenters. The van der Waals surface area contributed by atoms with Gasteiger partial charge < -0.3 is 10.2 Å². The van der Waals surface area contributed by atoms with E-state index < -0.39 is 5.54 Å². The minimum atomic E-state index is -0.482. The maximum absolute atomic E-state index is 13.1. The molecule has 1 aromatic carbocycles. The van der Waals surface area contributed by atoms with Crippen LogP contribution in [0.25, 0.3) is 0 Å². The number of aryl methyl sites for hydroxylation is 1. The summed E-state index contributed by atoms with van der Waals surface area (Å²) in [4.78, 5) is 14.9. The maximum atomic E-state index is 13.1. The van der Waals surface area contributed by atoms with E-state index in [0.717, 1.165) is 37.1 Å². The summed E-state index contributed by atoms with van der Waals surface area (Å²) >= 11 is 0. The number of rotatable bonds is 5. The van der Waals surface area contributed by atoms with Crippen molar-refractivity contribution in [3.05, 3.63) is 47.8 Å². The first-order valence-corrected chi connectivity index (χ1v) is 8.18. The number of nitrogens with one attached hydrogen (secondary N) is 2. The first-order valence-electron chi connectivity index (χ1n) is 8.18. The zero-order valence-electron chi connectivity index (χ0n) is 13.8. The summed E-state index contributed by atoms with van der Waals surface area (Å²) < 4.78 is 0. The van der Waals surface area contributed by atoms with Crippen LogP contribution in [0.4, 0.5) is 5.69 Å². The highest BCUT2D eigenvalue weighted by molar-refractivity contribution is 5.89. The highest BCUT2D eigenvalue weighted by atomic mass is 16.2. The van der Waals surface area contributed by atoms with E-state index in [1.165, 1.54) is 5.56 Å². The molecule has 0 spiro atoms. The molecule has 1 heterocycles. The van der Waals surface area contributed by atoms with E-state index in [0.29, 0.717) is 6.54 Å². The van der Waals surface area contributed by atoms with Gasteiger partial charge in [0.05, 0.1) is 12.2 Å². The lowest BCUT2D eigenvalue weighted by atomic mass is 9.94. The number of hydrogen-bond donors (Lipinski definition) is 2. The van der Waals surface area contributed by atoms with Gasteiger partial charge in [-0.25, -0.2) is 0 Å². The minimum absolute atomic E-state index is 0.158. The van der Waals surface area contributed by atoms with Crippen molar-refractivity contribution >= 4 is 11.6 Å². The number of H-pyrrole nitrogens is 1. The molecule has 1 aromatic heterocycles. The molecule has 5 nitrogen and oxygen atoms in total. The van der Waals surface area contributed by atoms with Gasteiger partial charge in [-0.05, 0) is 38.0 Å². The third kappa shape index (κ3) is 3.38. The van der Waals surface area contributed by atoms with Crippen LogP contribution in [0.5, 0.6) is 0 Å². The Morgan fingerprint density at radius 1 is 1.26 bits per heavy atom. The minimum Gasteiger partial charge on any atom is -0.371 e. The molecule has 5 heteroatoms. The number of benzene rings is 1. The van der Waals surface area contributed by atoms with Crippen molar-refractivity contribution < 1.29 is 4.79 Å². The number of carbonyl (C=O) groups is 1. The topological polar surface area (TPSA) is 61.0 Å². The van der Waals surface area contributed by atoms with Crippen LogP contribution in [0.3, 0.4) is 0 Å². The molecule has 2 aromatic rings. The van der Waals surface area contributed by atoms with E-state index in [2.05, 4.69) is 46.7 Å². The fraction of sp³-hybridized carbons (Fsp3) is 0.444. The van der Waals surface area contributed by atoms with E-state index in [1.54, 1.807) is 11.1 Å². The normalized spacial score (nSPS) is 16.3. The Labute approximate surface area is 137 Å². The summed E-state index contributed by atoms with van der Waals surface area (Å²) in [6.07, 6.45) is 5.65. The first kappa shape index (κ1) is 15.6. The average Bonchev–Trinajstić information content (AvgIpc) is 3.21. The zero-order chi connectivity index (χ0) is 16.3. The average molecular weight is 312 g/mol. The summed E-state index contributed by atoms with van der Waals surface area (Å²) in [6, 6.07) is 10.2. The Morgan fingerprint density at radius 2 is 1.96 bits per heavy atom. The summed E-state index contributed by atoms with van der Waals surface area (Å²) in [6.45, 7) is 2.62. The van der Waals surface area contributed by atoms with Gasteiger partial charge in [-0.1, -0.05) is 30.5 Å². The van der Waals surface area contributed by atoms with Crippen molar-refractivity contribution in [2.24, 2.45) is 0 Å². The first-order chi connectivity index (χ1) is 11.1. The second-order valence-electron chi connectivity index (χ2n) is 6.52. The van der Waals surface area contributed by atoms with Crippen LogP contribution in [-0.2, 0) is 11.3 Å². The maximum Gasteiger partial charge on any atom is 0.248 e. The molecule has 0 atom stereocenters. The van der Waals surface area contributed by atoms with E-state index in [9.17, 15) is 4.79 Å². The van der Waals surface area contributed by atoms with Gasteiger partial charge in [0, 0.05) is 18.9 Å². The van der Waals surface area contributed by atoms with E-state index in [4.69, 9.17) is 0 Å². The standard InChI is InChI=1S/C18H24N4O/c1-14-5-7-15(8-6-14)20-18(10-3-4-11-18)17(23)22(2)13-16-9-12-19-21-16/h5-9,12,20H,3-4,10-11,13H2,1-2H3,(H,19,21). The number of hydrogen-bond acceptors (Lipinski definition) is 3. The molecule has 122 valence electrons. The molecule has 1 saturated carbocycles. The Morgan fingerprint density at radius 3 is 2.57 bits per heavy atom. The quantitative estimate of drug-likeness (QED) is 0.892. The summed E-state index contributed by atoms with van der Waals surface area (Å²) in [5.74, 6) is 0.158. The molecule has 2 N–H and O–H groups in total. The van der Waals surface area contributed by atoms with Crippen LogP contribution in [0.1, 0.15) is 36.9 Å². The van der Waals surface area contributed by atoms with Crippen molar-refractivity contribution in [3.8, 4) is 0 Å². The van der Waals surface area contributed by atoms with Gasteiger partial charge in [0.25, 0.3) is 0 Å². The van der Waals surface area contributed by atoms with Crippen LogP contribution >= 0.6 is 0 Å². The van der Waals surface area contributed by atoms with Gasteiger partial charge in [-0.15, -0.1) is 0 Å². The Balaban J connectivity index is 1.76. The van der Waals surface area contributed by atoms with Gasteiger partial charge in [0.2, 0.25) is 5.91 Å². The number of aromatic amines is 1. The highest BCUT2D eigenvalue weighted by Gasteiger charge is 2.42. The van der Waals surface area contributed by atoms with Crippen molar-refractivity contribution in [3.63, 3.8) is 0 Å². The van der Waals surface area contributed by atoms with Crippen LogP contribution in [0.2, 0.25) is 0 Å². The van der Waals surface area contributed by atoms with Crippen molar-refractivity contribution in [1.29, 1.82) is 0 Å². The molecule has 3 rings (SSSR count). The molecular formula is C18H24N4O. The molecule has 0 radical (unpaired) electrons.